The molecule has 1 aliphatic heterocycles. The molecule has 2 aromatic rings. The van der Waals surface area contributed by atoms with E-state index in [1.54, 1.807) is 30.1 Å². The summed E-state index contributed by atoms with van der Waals surface area (Å²) in [6.07, 6.45) is 5.45. The Morgan fingerprint density at radius 3 is 2.30 bits per heavy atom. The van der Waals surface area contributed by atoms with Crippen molar-refractivity contribution in [3.63, 3.8) is 0 Å². The summed E-state index contributed by atoms with van der Waals surface area (Å²) in [7, 11) is -2.65. The molecule has 1 saturated heterocycles. The fourth-order valence-electron chi connectivity index (χ4n) is 6.08. The predicted molar refractivity (Wildman–Crippen MR) is 170 cm³/mol. The van der Waals surface area contributed by atoms with Crippen LogP contribution in [-0.2, 0) is 24.4 Å². The van der Waals surface area contributed by atoms with Gasteiger partial charge in [0.05, 0.1) is 11.3 Å². The molecule has 0 unspecified atom stereocenters. The van der Waals surface area contributed by atoms with Crippen LogP contribution in [0.3, 0.4) is 0 Å². The van der Waals surface area contributed by atoms with Crippen LogP contribution in [0.5, 0.6) is 0 Å². The van der Waals surface area contributed by atoms with Crippen LogP contribution < -0.4 is 10.5 Å². The Morgan fingerprint density at radius 1 is 1.05 bits per heavy atom. The molecule has 2 fully saturated rings. The third-order valence-electron chi connectivity index (χ3n) is 8.59. The van der Waals surface area contributed by atoms with Crippen molar-refractivity contribution in [2.75, 3.05) is 33.2 Å². The number of fused-ring (bicyclic) bond motifs is 1. The molecule has 44 heavy (non-hydrogen) atoms. The summed E-state index contributed by atoms with van der Waals surface area (Å²) in [4.78, 5) is 43.6. The van der Waals surface area contributed by atoms with Crippen molar-refractivity contribution < 1.29 is 27.9 Å². The molecule has 2 aliphatic rings. The molecule has 1 heterocycles. The number of piperidine rings is 1. The van der Waals surface area contributed by atoms with Gasteiger partial charge in [0.25, 0.3) is 0 Å². The van der Waals surface area contributed by atoms with Gasteiger partial charge in [-0.2, -0.15) is 4.72 Å². The normalized spacial score (nSPS) is 17.0. The molecule has 242 valence electrons. The largest absolute Gasteiger partial charge is 0.480 e. The smallest absolute Gasteiger partial charge is 0.323 e. The maximum absolute atomic E-state index is 13.9. The summed E-state index contributed by atoms with van der Waals surface area (Å²) < 4.78 is 29.7. The first-order valence-corrected chi connectivity index (χ1v) is 16.3. The molecule has 1 aliphatic carbocycles. The minimum Gasteiger partial charge on any atom is -0.480 e. The molecule has 12 nitrogen and oxygen atoms in total. The van der Waals surface area contributed by atoms with Crippen molar-refractivity contribution in [1.82, 2.24) is 19.4 Å². The van der Waals surface area contributed by atoms with E-state index in [1.165, 1.54) is 21.9 Å². The van der Waals surface area contributed by atoms with E-state index in [2.05, 4.69) is 4.72 Å². The Morgan fingerprint density at radius 2 is 1.68 bits per heavy atom. The van der Waals surface area contributed by atoms with Crippen LogP contribution in [0.15, 0.2) is 47.4 Å². The number of aliphatic carboxylic acids is 1. The molecule has 2 aromatic carbocycles. The highest BCUT2D eigenvalue weighted by Crippen LogP contribution is 2.26. The van der Waals surface area contributed by atoms with Crippen LogP contribution >= 0.6 is 12.4 Å². The lowest BCUT2D eigenvalue weighted by atomic mass is 9.89. The summed E-state index contributed by atoms with van der Waals surface area (Å²) >= 11 is 0. The van der Waals surface area contributed by atoms with Gasteiger partial charge in [0.1, 0.15) is 12.6 Å². The van der Waals surface area contributed by atoms with Crippen LogP contribution in [0.4, 0.5) is 0 Å². The number of halogens is 1. The first kappa shape index (κ1) is 35.1. The Labute approximate surface area is 264 Å². The minimum absolute atomic E-state index is 0. The van der Waals surface area contributed by atoms with Crippen molar-refractivity contribution in [1.29, 1.82) is 5.41 Å². The van der Waals surface area contributed by atoms with E-state index in [9.17, 15) is 27.9 Å². The number of nitrogens with one attached hydrogen (secondary N) is 2. The van der Waals surface area contributed by atoms with Crippen molar-refractivity contribution in [3.05, 3.63) is 42.5 Å². The van der Waals surface area contributed by atoms with Crippen LogP contribution in [0.25, 0.3) is 10.8 Å². The number of amides is 2. The highest BCUT2D eigenvalue weighted by molar-refractivity contribution is 7.89. The molecular formula is C30H43ClN6O6S. The lowest BCUT2D eigenvalue weighted by Gasteiger charge is -2.37. The second-order valence-electron chi connectivity index (χ2n) is 11.6. The Bertz CT molecular complexity index is 1440. The number of likely N-dealkylation sites (tertiary alicyclic amines) is 1. The number of carboxylic acid groups (broad SMARTS) is 1. The van der Waals surface area contributed by atoms with E-state index in [0.717, 1.165) is 37.5 Å². The van der Waals surface area contributed by atoms with Gasteiger partial charge in [-0.25, -0.2) is 8.42 Å². The molecule has 0 aromatic heterocycles. The molecule has 0 spiro atoms. The fraction of sp³-hybridized carbons (Fsp3) is 0.533. The SMILES string of the molecule is CN(C(=O)C[C@H](NS(=O)(=O)c1ccc2ccccc2c1)C(=O)N(CC(=O)O)CC1CCCCC1)C1CCN(C(=N)N)CC1.Cl. The number of nitrogens with two attached hydrogens (primary N) is 1. The van der Waals surface area contributed by atoms with E-state index in [0.29, 0.717) is 31.3 Å². The second kappa shape index (κ2) is 15.5. The standard InChI is InChI=1S/C30H42N6O6S.ClH/c1-34(24-13-15-35(16-14-24)30(31)32)27(37)18-26(29(40)36(20-28(38)39)19-21-7-3-2-4-8-21)33-43(41,42)25-12-11-22-9-5-6-10-23(22)17-25;/h5-6,9-12,17,21,24,26,33H,2-4,7-8,13-16,18-20H2,1H3,(H3,31,32)(H,38,39);1H/t26-;/m0./s1. The van der Waals surface area contributed by atoms with Gasteiger partial charge in [-0.15, -0.1) is 12.4 Å². The third kappa shape index (κ3) is 9.05. The average molecular weight is 651 g/mol. The lowest BCUT2D eigenvalue weighted by Crippen LogP contribution is -2.54. The van der Waals surface area contributed by atoms with Gasteiger partial charge in [-0.3, -0.25) is 19.8 Å². The number of guanidine groups is 1. The molecule has 0 bridgehead atoms. The lowest BCUT2D eigenvalue weighted by molar-refractivity contribution is -0.146. The van der Waals surface area contributed by atoms with E-state index in [-0.39, 0.29) is 41.8 Å². The van der Waals surface area contributed by atoms with Gasteiger partial charge >= 0.3 is 5.97 Å². The van der Waals surface area contributed by atoms with Crippen LogP contribution in [0, 0.1) is 11.3 Å². The first-order valence-electron chi connectivity index (χ1n) is 14.8. The maximum Gasteiger partial charge on any atom is 0.323 e. The van der Waals surface area contributed by atoms with Gasteiger partial charge in [-0.05, 0) is 54.5 Å². The summed E-state index contributed by atoms with van der Waals surface area (Å²) in [6, 6.07) is 10.2. The van der Waals surface area contributed by atoms with E-state index in [1.807, 2.05) is 12.1 Å². The van der Waals surface area contributed by atoms with Crippen molar-refractivity contribution in [3.8, 4) is 0 Å². The van der Waals surface area contributed by atoms with Crippen molar-refractivity contribution in [2.24, 2.45) is 11.7 Å². The van der Waals surface area contributed by atoms with Gasteiger partial charge in [-0.1, -0.05) is 49.6 Å². The maximum atomic E-state index is 13.9. The molecule has 0 radical (unpaired) electrons. The van der Waals surface area contributed by atoms with Gasteiger partial charge in [0.15, 0.2) is 5.96 Å². The molecule has 2 amide bonds. The predicted octanol–water partition coefficient (Wildman–Crippen LogP) is 2.61. The van der Waals surface area contributed by atoms with Gasteiger partial charge < -0.3 is 25.5 Å². The fourth-order valence-corrected chi connectivity index (χ4v) is 7.31. The van der Waals surface area contributed by atoms with Gasteiger partial charge in [0, 0.05) is 32.7 Å². The summed E-state index contributed by atoms with van der Waals surface area (Å²) in [5.74, 6) is -2.29. The summed E-state index contributed by atoms with van der Waals surface area (Å²) in [5, 5.41) is 18.8. The zero-order valence-corrected chi connectivity index (χ0v) is 26.6. The molecule has 4 rings (SSSR count). The summed E-state index contributed by atoms with van der Waals surface area (Å²) in [5.41, 5.74) is 5.59. The zero-order chi connectivity index (χ0) is 31.1. The molecular weight excluding hydrogens is 608 g/mol. The first-order chi connectivity index (χ1) is 20.4. The van der Waals surface area contributed by atoms with E-state index < -0.39 is 46.8 Å². The number of sulfonamides is 1. The number of hydrogen-bond donors (Lipinski definition) is 4. The minimum atomic E-state index is -4.26. The molecule has 5 N–H and O–H groups in total. The average Bonchev–Trinajstić information content (AvgIpc) is 2.99. The number of carbonyl (C=O) groups is 3. The van der Waals surface area contributed by atoms with Gasteiger partial charge in [0.2, 0.25) is 21.8 Å². The van der Waals surface area contributed by atoms with Crippen LogP contribution in [-0.4, -0.2) is 97.3 Å². The Balaban J connectivity index is 0.00000529. The molecule has 1 saturated carbocycles. The van der Waals surface area contributed by atoms with Crippen molar-refractivity contribution >= 4 is 56.9 Å². The Kier molecular flexibility index (Phi) is 12.4. The van der Waals surface area contributed by atoms with E-state index in [4.69, 9.17) is 11.1 Å². The third-order valence-corrected chi connectivity index (χ3v) is 10.1. The summed E-state index contributed by atoms with van der Waals surface area (Å²) in [6.45, 7) is 0.606. The molecule has 14 heteroatoms. The number of hydrogen-bond acceptors (Lipinski definition) is 6. The van der Waals surface area contributed by atoms with E-state index >= 15 is 0 Å². The molecule has 1 atom stereocenters. The quantitative estimate of drug-likeness (QED) is 0.212. The topological polar surface area (TPSA) is 177 Å². The number of carbonyl (C=O) groups excluding carboxylic acids is 2. The Hall–Kier alpha value is -3.42. The highest BCUT2D eigenvalue weighted by Gasteiger charge is 2.35. The van der Waals surface area contributed by atoms with Crippen molar-refractivity contribution in [2.45, 2.75) is 68.3 Å². The number of benzene rings is 2. The highest BCUT2D eigenvalue weighted by atomic mass is 35.5. The van der Waals surface area contributed by atoms with Crippen LogP contribution in [0.2, 0.25) is 0 Å². The second-order valence-corrected chi connectivity index (χ2v) is 13.3. The van der Waals surface area contributed by atoms with Crippen LogP contribution in [0.1, 0.15) is 51.4 Å². The number of carboxylic acids is 1. The number of nitrogens with zero attached hydrogens (tertiary/aromatic N) is 3. The monoisotopic (exact) mass is 650 g/mol. The number of rotatable bonds is 11. The zero-order valence-electron chi connectivity index (χ0n) is 25.0.